The third-order valence-electron chi connectivity index (χ3n) is 9.77. The molecule has 17 heteroatoms. The fourth-order valence-electron chi connectivity index (χ4n) is 6.82. The summed E-state index contributed by atoms with van der Waals surface area (Å²) in [5, 5.41) is 15.3. The summed E-state index contributed by atoms with van der Waals surface area (Å²) < 4.78 is 9.06. The van der Waals surface area contributed by atoms with Gasteiger partial charge in [-0.2, -0.15) is 0 Å². The highest BCUT2D eigenvalue weighted by Gasteiger charge is 2.54. The largest absolute Gasteiger partial charge is 0.453 e. The number of nitrogens with one attached hydrogen (secondary N) is 6. The van der Waals surface area contributed by atoms with E-state index in [-0.39, 0.29) is 24.9 Å². The van der Waals surface area contributed by atoms with E-state index in [1.807, 2.05) is 37.3 Å². The number of Topliss-reactive ketones (excluding diaryl/α,β-unsaturated/α-hetero) is 1. The molecule has 8 atom stereocenters. The number of carbonyl (C=O) groups is 8. The Balaban J connectivity index is 1.75. The Morgan fingerprint density at radius 3 is 2.06 bits per heavy atom. The number of carbonyl (C=O) groups excluding carboxylic acids is 8. The van der Waals surface area contributed by atoms with Gasteiger partial charge in [0.05, 0.1) is 32.8 Å². The SMILES string of the molecule is CCCC(NC(=O)[C@@H]1[C@H]2CC[C@H](C2)N1C(=O)[C@@H](NC(=O)[C@H](C)NC(=O)[C@H](CNC(=O)OC)NC(=O)OC)C(C)(C)C)C(=O)C(=O)N[C@@H](C)c1ccccc1. The molecule has 1 aliphatic carbocycles. The lowest BCUT2D eigenvalue weighted by Crippen LogP contribution is -2.63. The second-order valence-corrected chi connectivity index (χ2v) is 14.8. The molecule has 2 bridgehead atoms. The van der Waals surface area contributed by atoms with Crippen LogP contribution in [0, 0.1) is 11.3 Å². The summed E-state index contributed by atoms with van der Waals surface area (Å²) in [7, 11) is 2.22. The van der Waals surface area contributed by atoms with Gasteiger partial charge in [-0.25, -0.2) is 9.59 Å². The maximum absolute atomic E-state index is 14.4. The van der Waals surface area contributed by atoms with Crippen molar-refractivity contribution in [2.24, 2.45) is 11.3 Å². The molecule has 54 heavy (non-hydrogen) atoms. The minimum atomic E-state index is -1.34. The summed E-state index contributed by atoms with van der Waals surface area (Å²) in [4.78, 5) is 106. The summed E-state index contributed by atoms with van der Waals surface area (Å²) in [5.74, 6) is -4.38. The summed E-state index contributed by atoms with van der Waals surface area (Å²) in [6.45, 7) is 9.85. The highest BCUT2D eigenvalue weighted by Crippen LogP contribution is 2.43. The minimum Gasteiger partial charge on any atom is -0.453 e. The predicted octanol–water partition coefficient (Wildman–Crippen LogP) is 1.21. The van der Waals surface area contributed by atoms with Gasteiger partial charge in [-0.05, 0) is 56.4 Å². The summed E-state index contributed by atoms with van der Waals surface area (Å²) in [5.41, 5.74) is -0.0386. The van der Waals surface area contributed by atoms with Crippen LogP contribution in [0.25, 0.3) is 0 Å². The van der Waals surface area contributed by atoms with Crippen LogP contribution in [0.2, 0.25) is 0 Å². The number of methoxy groups -OCH3 is 2. The van der Waals surface area contributed by atoms with Crippen molar-refractivity contribution in [3.05, 3.63) is 35.9 Å². The van der Waals surface area contributed by atoms with Crippen molar-refractivity contribution >= 4 is 47.5 Å². The lowest BCUT2D eigenvalue weighted by molar-refractivity contribution is -0.149. The topological polar surface area (TPSA) is 230 Å². The van der Waals surface area contributed by atoms with Crippen LogP contribution in [0.4, 0.5) is 9.59 Å². The van der Waals surface area contributed by atoms with E-state index >= 15 is 0 Å². The molecule has 1 aromatic rings. The molecule has 7 amide bonds. The van der Waals surface area contributed by atoms with Gasteiger partial charge in [-0.1, -0.05) is 64.4 Å². The molecule has 1 saturated heterocycles. The van der Waals surface area contributed by atoms with Crippen molar-refractivity contribution in [1.82, 2.24) is 36.8 Å². The highest BCUT2D eigenvalue weighted by molar-refractivity contribution is 6.38. The van der Waals surface area contributed by atoms with E-state index in [1.54, 1.807) is 27.7 Å². The smallest absolute Gasteiger partial charge is 0.407 e. The van der Waals surface area contributed by atoms with Crippen molar-refractivity contribution in [2.45, 2.75) is 116 Å². The number of rotatable bonds is 16. The van der Waals surface area contributed by atoms with Gasteiger partial charge < -0.3 is 46.3 Å². The molecule has 1 heterocycles. The first kappa shape index (κ1) is 43.2. The first-order chi connectivity index (χ1) is 25.4. The van der Waals surface area contributed by atoms with Gasteiger partial charge in [0.2, 0.25) is 29.4 Å². The van der Waals surface area contributed by atoms with E-state index < -0.39 is 89.2 Å². The third-order valence-corrected chi connectivity index (χ3v) is 9.77. The van der Waals surface area contributed by atoms with Crippen LogP contribution in [0.15, 0.2) is 30.3 Å². The van der Waals surface area contributed by atoms with Gasteiger partial charge in [0.25, 0.3) is 5.91 Å². The number of piperidine rings is 1. The van der Waals surface area contributed by atoms with Gasteiger partial charge in [-0.15, -0.1) is 0 Å². The van der Waals surface area contributed by atoms with Crippen LogP contribution in [0.1, 0.15) is 85.3 Å². The fourth-order valence-corrected chi connectivity index (χ4v) is 6.82. The quantitative estimate of drug-likeness (QED) is 0.132. The normalized spacial score (nSPS) is 20.2. The number of hydrogen-bond donors (Lipinski definition) is 6. The number of nitrogens with zero attached hydrogens (tertiary/aromatic N) is 1. The average Bonchev–Trinajstić information content (AvgIpc) is 3.76. The van der Waals surface area contributed by atoms with E-state index in [0.717, 1.165) is 19.8 Å². The Kier molecular flexibility index (Phi) is 15.4. The van der Waals surface area contributed by atoms with Crippen LogP contribution < -0.4 is 31.9 Å². The molecule has 0 spiro atoms. The second-order valence-electron chi connectivity index (χ2n) is 14.8. The van der Waals surface area contributed by atoms with Gasteiger partial charge >= 0.3 is 12.2 Å². The number of ketones is 1. The van der Waals surface area contributed by atoms with E-state index in [0.29, 0.717) is 25.7 Å². The Morgan fingerprint density at radius 2 is 1.46 bits per heavy atom. The molecule has 1 aromatic carbocycles. The molecule has 6 N–H and O–H groups in total. The van der Waals surface area contributed by atoms with Crippen LogP contribution in [-0.2, 0) is 38.2 Å². The monoisotopic (exact) mass is 757 g/mol. The summed E-state index contributed by atoms with van der Waals surface area (Å²) >= 11 is 0. The molecule has 2 fully saturated rings. The van der Waals surface area contributed by atoms with E-state index in [9.17, 15) is 38.4 Å². The van der Waals surface area contributed by atoms with Crippen molar-refractivity contribution < 1.29 is 47.8 Å². The molecule has 298 valence electrons. The molecular weight excluding hydrogens is 702 g/mol. The number of amides is 7. The Labute approximate surface area is 315 Å². The lowest BCUT2D eigenvalue weighted by atomic mass is 9.84. The number of fused-ring (bicyclic) bond motifs is 2. The summed E-state index contributed by atoms with van der Waals surface area (Å²) in [6.07, 6.45) is 0.819. The second kappa shape index (κ2) is 19.2. The highest BCUT2D eigenvalue weighted by atomic mass is 16.5. The molecule has 1 aliphatic heterocycles. The zero-order chi connectivity index (χ0) is 40.3. The number of hydrogen-bond acceptors (Lipinski definition) is 10. The molecule has 3 rings (SSSR count). The summed E-state index contributed by atoms with van der Waals surface area (Å²) in [6, 6.07) is 2.72. The number of benzene rings is 1. The van der Waals surface area contributed by atoms with E-state index in [4.69, 9.17) is 0 Å². The average molecular weight is 758 g/mol. The van der Waals surface area contributed by atoms with Gasteiger partial charge in [0, 0.05) is 6.04 Å². The van der Waals surface area contributed by atoms with Gasteiger partial charge in [0.15, 0.2) is 0 Å². The lowest BCUT2D eigenvalue weighted by Gasteiger charge is -2.40. The maximum Gasteiger partial charge on any atom is 0.407 e. The molecule has 1 saturated carbocycles. The molecule has 1 unspecified atom stereocenters. The maximum atomic E-state index is 14.4. The van der Waals surface area contributed by atoms with Crippen molar-refractivity contribution in [1.29, 1.82) is 0 Å². The number of alkyl carbamates (subject to hydrolysis) is 2. The first-order valence-corrected chi connectivity index (χ1v) is 18.2. The number of ether oxygens (including phenoxy) is 2. The third kappa shape index (κ3) is 11.1. The van der Waals surface area contributed by atoms with Crippen molar-refractivity contribution in [3.63, 3.8) is 0 Å². The minimum absolute atomic E-state index is 0.185. The van der Waals surface area contributed by atoms with E-state index in [2.05, 4.69) is 41.4 Å². The Morgan fingerprint density at radius 1 is 0.815 bits per heavy atom. The van der Waals surface area contributed by atoms with E-state index in [1.165, 1.54) is 11.8 Å². The van der Waals surface area contributed by atoms with Crippen LogP contribution >= 0.6 is 0 Å². The molecule has 17 nitrogen and oxygen atoms in total. The Bertz CT molecular complexity index is 1550. The standard InChI is InChI=1S/C37H55N7O10/c1-9-13-25(28(45)33(49)39-20(2)22-14-11-10-12-15-22)41-32(48)27-23-16-17-24(18-23)44(27)34(50)29(37(4,5)6)43-30(46)21(3)40-31(47)26(42-36(52)54-8)19-38-35(51)53-7/h10-12,14-15,20-21,23-27,29H,9,13,16-19H2,1-8H3,(H,38,51)(H,39,49)(H,40,47)(H,41,48)(H,42,52)(H,43,46)/t20-,21-,23-,24+,25?,26-,27-,29+/m0/s1. The molecular formula is C37H55N7O10. The van der Waals surface area contributed by atoms with Crippen molar-refractivity contribution in [2.75, 3.05) is 20.8 Å². The van der Waals surface area contributed by atoms with Gasteiger partial charge in [0.1, 0.15) is 24.2 Å². The Hall–Kier alpha value is -5.22. The first-order valence-electron chi connectivity index (χ1n) is 18.2. The van der Waals surface area contributed by atoms with Crippen molar-refractivity contribution in [3.8, 4) is 0 Å². The predicted molar refractivity (Wildman–Crippen MR) is 195 cm³/mol. The van der Waals surface area contributed by atoms with Crippen LogP contribution in [-0.4, -0.2) is 109 Å². The zero-order valence-corrected chi connectivity index (χ0v) is 32.3. The number of likely N-dealkylation sites (tertiary alicyclic amines) is 1. The zero-order valence-electron chi connectivity index (χ0n) is 32.3. The molecule has 0 radical (unpaired) electrons. The van der Waals surface area contributed by atoms with Crippen LogP contribution in [0.3, 0.4) is 0 Å². The fraction of sp³-hybridized carbons (Fsp3) is 0.622. The molecule has 0 aromatic heterocycles. The molecule has 2 aliphatic rings. The van der Waals surface area contributed by atoms with Gasteiger partial charge in [-0.3, -0.25) is 28.8 Å². The van der Waals surface area contributed by atoms with Crippen LogP contribution in [0.5, 0.6) is 0 Å².